The van der Waals surface area contributed by atoms with E-state index < -0.39 is 24.0 Å². The van der Waals surface area contributed by atoms with E-state index in [2.05, 4.69) is 19.4 Å². The highest BCUT2D eigenvalue weighted by atomic mass is 19.4. The van der Waals surface area contributed by atoms with Crippen molar-refractivity contribution < 1.29 is 41.4 Å². The number of aromatic nitrogens is 2. The van der Waals surface area contributed by atoms with Crippen LogP contribution in [0.2, 0.25) is 0 Å². The molecule has 1 aliphatic heterocycles. The highest BCUT2D eigenvalue weighted by Crippen LogP contribution is 2.33. The lowest BCUT2D eigenvalue weighted by Gasteiger charge is -2.31. The molecule has 0 saturated carbocycles. The predicted octanol–water partition coefficient (Wildman–Crippen LogP) is 2.15. The number of alkyl halides is 3. The third kappa shape index (κ3) is 4.06. The van der Waals surface area contributed by atoms with Crippen LogP contribution in [-0.2, 0) is 30.0 Å². The summed E-state index contributed by atoms with van der Waals surface area (Å²) in [6.45, 7) is -0.294. The molecular weight excluding hydrogens is 399 g/mol. The van der Waals surface area contributed by atoms with Crippen molar-refractivity contribution in [3.63, 3.8) is 0 Å². The van der Waals surface area contributed by atoms with Gasteiger partial charge in [0, 0.05) is 11.3 Å². The zero-order valence-corrected chi connectivity index (χ0v) is 15.1. The first-order valence-corrected chi connectivity index (χ1v) is 8.02. The predicted molar refractivity (Wildman–Crippen MR) is 89.1 cm³/mol. The number of carbonyl (C=O) groups is 2. The molecule has 9 nitrogen and oxygen atoms in total. The summed E-state index contributed by atoms with van der Waals surface area (Å²) >= 11 is 0. The molecule has 0 fully saturated rings. The first kappa shape index (κ1) is 20.3. The fraction of sp³-hybridized carbons (Fsp3) is 0.294. The quantitative estimate of drug-likeness (QED) is 0.698. The molecule has 1 aromatic carbocycles. The van der Waals surface area contributed by atoms with Gasteiger partial charge >= 0.3 is 24.0 Å². The van der Waals surface area contributed by atoms with Crippen LogP contribution in [0.15, 0.2) is 40.0 Å². The van der Waals surface area contributed by atoms with Gasteiger partial charge in [0.2, 0.25) is 5.89 Å². The van der Waals surface area contributed by atoms with E-state index in [1.54, 1.807) is 6.07 Å². The van der Waals surface area contributed by atoms with Gasteiger partial charge < -0.3 is 23.5 Å². The molecule has 3 rings (SSSR count). The Morgan fingerprint density at radius 3 is 2.48 bits per heavy atom. The second kappa shape index (κ2) is 7.91. The highest BCUT2D eigenvalue weighted by Gasteiger charge is 2.38. The van der Waals surface area contributed by atoms with Gasteiger partial charge in [-0.15, -0.1) is 10.2 Å². The maximum atomic E-state index is 12.7. The molecule has 0 unspecified atom stereocenters. The Hall–Kier alpha value is -3.41. The first-order valence-electron chi connectivity index (χ1n) is 8.02. The maximum absolute atomic E-state index is 12.7. The summed E-state index contributed by atoms with van der Waals surface area (Å²) in [7, 11) is 2.29. The van der Waals surface area contributed by atoms with Gasteiger partial charge in [-0.25, -0.2) is 9.59 Å². The van der Waals surface area contributed by atoms with Crippen LogP contribution in [0.3, 0.4) is 0 Å². The number of carbonyl (C=O) groups excluding carboxylic acids is 2. The number of halogens is 3. The summed E-state index contributed by atoms with van der Waals surface area (Å²) < 4.78 is 57.5. The van der Waals surface area contributed by atoms with Crippen molar-refractivity contribution >= 4 is 17.6 Å². The topological polar surface area (TPSA) is 104 Å². The molecule has 29 heavy (non-hydrogen) atoms. The second-order valence-electron chi connectivity index (χ2n) is 5.68. The van der Waals surface area contributed by atoms with Crippen LogP contribution in [0, 0.1) is 0 Å². The standard InChI is InChI=1S/C17H14F3N3O6/c1-26-14(24)11-7-28-8-23(12(11)15(25)27-2)10-5-3-4-9(6-10)13-21-22-16(29-13)17(18,19)20/h3-6H,7-8H2,1-2H3. The number of nitrogens with zero attached hydrogens (tertiary/aromatic N) is 3. The smallest absolute Gasteiger partial charge is 0.466 e. The Kier molecular flexibility index (Phi) is 5.55. The molecule has 2 aromatic rings. The number of hydrogen-bond acceptors (Lipinski definition) is 9. The largest absolute Gasteiger partial charge is 0.470 e. The Balaban J connectivity index is 2.03. The normalized spacial score (nSPS) is 14.7. The minimum Gasteiger partial charge on any atom is -0.466 e. The Morgan fingerprint density at radius 1 is 1.14 bits per heavy atom. The molecule has 0 radical (unpaired) electrons. The SMILES string of the molecule is COC(=O)C1=C(C(=O)OC)N(c2cccc(-c3nnc(C(F)(F)F)o3)c2)COC1. The van der Waals surface area contributed by atoms with Gasteiger partial charge in [-0.3, -0.25) is 0 Å². The van der Waals surface area contributed by atoms with E-state index in [9.17, 15) is 22.8 Å². The van der Waals surface area contributed by atoms with Crippen LogP contribution in [-0.4, -0.2) is 49.7 Å². The molecule has 1 aliphatic rings. The molecule has 0 N–H and O–H groups in total. The van der Waals surface area contributed by atoms with E-state index in [1.807, 2.05) is 0 Å². The molecule has 0 amide bonds. The summed E-state index contributed by atoms with van der Waals surface area (Å²) in [5.41, 5.74) is 0.313. The number of esters is 2. The summed E-state index contributed by atoms with van der Waals surface area (Å²) in [6, 6.07) is 5.91. The Bertz CT molecular complexity index is 969. The average molecular weight is 413 g/mol. The molecule has 1 aromatic heterocycles. The average Bonchev–Trinajstić information content (AvgIpc) is 3.23. The van der Waals surface area contributed by atoms with Gasteiger partial charge in [-0.2, -0.15) is 13.2 Å². The fourth-order valence-electron chi connectivity index (χ4n) is 2.61. The van der Waals surface area contributed by atoms with E-state index in [-0.39, 0.29) is 36.1 Å². The molecule has 0 spiro atoms. The Morgan fingerprint density at radius 2 is 1.86 bits per heavy atom. The van der Waals surface area contributed by atoms with Gasteiger partial charge in [0.05, 0.1) is 26.4 Å². The third-order valence-corrected chi connectivity index (χ3v) is 3.91. The van der Waals surface area contributed by atoms with Gasteiger partial charge in [0.15, 0.2) is 0 Å². The zero-order valence-electron chi connectivity index (χ0n) is 15.1. The van der Waals surface area contributed by atoms with Gasteiger partial charge in [-0.05, 0) is 18.2 Å². The van der Waals surface area contributed by atoms with E-state index in [0.717, 1.165) is 14.2 Å². The number of rotatable bonds is 4. The van der Waals surface area contributed by atoms with E-state index in [1.165, 1.54) is 23.1 Å². The van der Waals surface area contributed by atoms with Crippen molar-refractivity contribution in [3.05, 3.63) is 41.4 Å². The van der Waals surface area contributed by atoms with Crippen molar-refractivity contribution in [1.82, 2.24) is 10.2 Å². The number of methoxy groups -OCH3 is 2. The van der Waals surface area contributed by atoms with Crippen LogP contribution >= 0.6 is 0 Å². The van der Waals surface area contributed by atoms with E-state index >= 15 is 0 Å². The fourth-order valence-corrected chi connectivity index (χ4v) is 2.61. The van der Waals surface area contributed by atoms with Gasteiger partial charge in [0.25, 0.3) is 0 Å². The monoisotopic (exact) mass is 413 g/mol. The second-order valence-corrected chi connectivity index (χ2v) is 5.68. The highest BCUT2D eigenvalue weighted by molar-refractivity contribution is 6.03. The Labute approximate surface area is 161 Å². The first-order chi connectivity index (χ1) is 13.8. The van der Waals surface area contributed by atoms with Crippen LogP contribution in [0.1, 0.15) is 5.89 Å². The summed E-state index contributed by atoms with van der Waals surface area (Å²) in [4.78, 5) is 25.6. The number of benzene rings is 1. The molecule has 2 heterocycles. The molecule has 12 heteroatoms. The summed E-state index contributed by atoms with van der Waals surface area (Å²) in [6.07, 6.45) is -4.78. The number of ether oxygens (including phenoxy) is 3. The van der Waals surface area contributed by atoms with Crippen LogP contribution in [0.4, 0.5) is 18.9 Å². The van der Waals surface area contributed by atoms with Crippen molar-refractivity contribution in [2.75, 3.05) is 32.5 Å². The van der Waals surface area contributed by atoms with Crippen molar-refractivity contribution in [2.45, 2.75) is 6.18 Å². The summed E-state index contributed by atoms with van der Waals surface area (Å²) in [5, 5.41) is 6.39. The van der Waals surface area contributed by atoms with Crippen LogP contribution in [0.5, 0.6) is 0 Å². The lowest BCUT2D eigenvalue weighted by molar-refractivity contribution is -0.157. The summed E-state index contributed by atoms with van der Waals surface area (Å²) in [5.74, 6) is -3.44. The van der Waals surface area contributed by atoms with Crippen molar-refractivity contribution in [3.8, 4) is 11.5 Å². The van der Waals surface area contributed by atoms with E-state index in [4.69, 9.17) is 9.47 Å². The molecule has 0 aliphatic carbocycles. The van der Waals surface area contributed by atoms with Gasteiger partial charge in [-0.1, -0.05) is 6.07 Å². The molecule has 0 saturated heterocycles. The lowest BCUT2D eigenvalue weighted by atomic mass is 10.1. The van der Waals surface area contributed by atoms with Crippen LogP contribution in [0.25, 0.3) is 11.5 Å². The van der Waals surface area contributed by atoms with Crippen molar-refractivity contribution in [1.29, 1.82) is 0 Å². The van der Waals surface area contributed by atoms with Crippen molar-refractivity contribution in [2.24, 2.45) is 0 Å². The molecule has 154 valence electrons. The minimum atomic E-state index is -4.78. The lowest BCUT2D eigenvalue weighted by Crippen LogP contribution is -2.38. The zero-order chi connectivity index (χ0) is 21.2. The molecular formula is C17H14F3N3O6. The molecule has 0 bridgehead atoms. The molecule has 0 atom stereocenters. The number of hydrogen-bond donors (Lipinski definition) is 0. The number of anilines is 1. The third-order valence-electron chi connectivity index (χ3n) is 3.91. The van der Waals surface area contributed by atoms with Crippen LogP contribution < -0.4 is 4.90 Å². The minimum absolute atomic E-state index is 0.0619. The van der Waals surface area contributed by atoms with Gasteiger partial charge in [0.1, 0.15) is 12.4 Å². The van der Waals surface area contributed by atoms with E-state index in [0.29, 0.717) is 5.69 Å². The maximum Gasteiger partial charge on any atom is 0.470 e.